The van der Waals surface area contributed by atoms with Crippen LogP contribution in [0.2, 0.25) is 0 Å². The Morgan fingerprint density at radius 2 is 1.88 bits per heavy atom. The molecule has 7 rings (SSSR count). The largest absolute Gasteiger partial charge is 0.489 e. The van der Waals surface area contributed by atoms with Crippen molar-refractivity contribution in [1.82, 2.24) is 19.9 Å². The van der Waals surface area contributed by atoms with Crippen LogP contribution < -0.4 is 15.8 Å². The number of hydrogen-bond acceptors (Lipinski definition) is 5. The lowest BCUT2D eigenvalue weighted by Crippen LogP contribution is -2.40. The summed E-state index contributed by atoms with van der Waals surface area (Å²) in [4.78, 5) is 31.1. The smallest absolute Gasteiger partial charge is 0.251 e. The lowest BCUT2D eigenvalue weighted by molar-refractivity contribution is -0.123. The maximum absolute atomic E-state index is 13.8. The number of halogens is 1. The summed E-state index contributed by atoms with van der Waals surface area (Å²) in [6, 6.07) is 13.8. The summed E-state index contributed by atoms with van der Waals surface area (Å²) < 4.78 is 21.7. The summed E-state index contributed by atoms with van der Waals surface area (Å²) in [6.45, 7) is 2.29. The van der Waals surface area contributed by atoms with Crippen LogP contribution in [0.15, 0.2) is 54.7 Å². The van der Waals surface area contributed by atoms with Gasteiger partial charge < -0.3 is 15.8 Å². The molecule has 3 aromatic heterocycles. The van der Waals surface area contributed by atoms with E-state index in [9.17, 15) is 14.0 Å². The number of aromatic nitrogens is 3. The number of rotatable bonds is 8. The number of nitrogens with two attached hydrogens (primary N) is 1. The molecule has 216 valence electrons. The summed E-state index contributed by atoms with van der Waals surface area (Å²) in [6.07, 6.45) is 8.48. The van der Waals surface area contributed by atoms with E-state index in [1.807, 2.05) is 22.8 Å². The molecule has 1 aromatic carbocycles. The molecule has 2 aliphatic carbocycles. The molecule has 3 N–H and O–H groups in total. The summed E-state index contributed by atoms with van der Waals surface area (Å²) >= 11 is 0. The quantitative estimate of drug-likeness (QED) is 0.302. The van der Waals surface area contributed by atoms with E-state index in [2.05, 4.69) is 16.5 Å². The highest BCUT2D eigenvalue weighted by atomic mass is 19.1. The van der Waals surface area contributed by atoms with Crippen LogP contribution >= 0.6 is 0 Å². The third-order valence-electron chi connectivity index (χ3n) is 9.33. The van der Waals surface area contributed by atoms with Gasteiger partial charge in [0.1, 0.15) is 29.3 Å². The second-order valence-corrected chi connectivity index (χ2v) is 12.3. The van der Waals surface area contributed by atoms with Crippen molar-refractivity contribution >= 4 is 17.3 Å². The average Bonchev–Trinajstić information content (AvgIpc) is 3.36. The average molecular weight is 568 g/mol. The number of carbonyl (C=O) groups is 2. The first-order valence-corrected chi connectivity index (χ1v) is 14.8. The van der Waals surface area contributed by atoms with Gasteiger partial charge in [-0.15, -0.1) is 0 Å². The minimum Gasteiger partial charge on any atom is -0.489 e. The number of primary amides is 1. The number of carbonyl (C=O) groups excluding carboxylic acids is 2. The molecule has 1 aliphatic heterocycles. The molecule has 42 heavy (non-hydrogen) atoms. The first-order chi connectivity index (χ1) is 20.3. The van der Waals surface area contributed by atoms with Gasteiger partial charge in [-0.05, 0) is 87.1 Å². The fourth-order valence-electron chi connectivity index (χ4n) is 6.51. The van der Waals surface area contributed by atoms with Crippen molar-refractivity contribution in [2.45, 2.75) is 62.7 Å². The number of pyridine rings is 2. The molecule has 0 bridgehead atoms. The van der Waals surface area contributed by atoms with E-state index in [1.165, 1.54) is 25.0 Å². The molecular formula is C33H34FN5O3. The van der Waals surface area contributed by atoms with Gasteiger partial charge in [-0.25, -0.2) is 13.9 Å². The summed E-state index contributed by atoms with van der Waals surface area (Å²) in [5.41, 5.74) is 10.1. The number of hydrogen-bond donors (Lipinski definition) is 2. The van der Waals surface area contributed by atoms with Gasteiger partial charge in [-0.3, -0.25) is 9.59 Å². The topological polar surface area (TPSA) is 112 Å². The number of nitrogens with zero attached hydrogens (tertiary/aromatic N) is 3. The molecule has 2 saturated carbocycles. The maximum atomic E-state index is 13.8. The Bertz CT molecular complexity index is 1690. The zero-order valence-corrected chi connectivity index (χ0v) is 23.6. The van der Waals surface area contributed by atoms with Gasteiger partial charge in [0.2, 0.25) is 5.91 Å². The highest BCUT2D eigenvalue weighted by Crippen LogP contribution is 2.47. The molecular weight excluding hydrogens is 533 g/mol. The van der Waals surface area contributed by atoms with E-state index < -0.39 is 11.3 Å². The van der Waals surface area contributed by atoms with Crippen LogP contribution in [0.3, 0.4) is 0 Å². The Hall–Kier alpha value is -4.27. The highest BCUT2D eigenvalue weighted by Gasteiger charge is 2.44. The Morgan fingerprint density at radius 1 is 1.12 bits per heavy atom. The van der Waals surface area contributed by atoms with Crippen molar-refractivity contribution in [2.75, 3.05) is 13.2 Å². The van der Waals surface area contributed by atoms with Crippen LogP contribution in [0, 0.1) is 11.7 Å². The van der Waals surface area contributed by atoms with E-state index >= 15 is 0 Å². The Morgan fingerprint density at radius 3 is 2.60 bits per heavy atom. The normalized spacial score (nSPS) is 20.8. The molecule has 9 heteroatoms. The fraction of sp³-hybridized carbons (Fsp3) is 0.394. The first-order valence-electron chi connectivity index (χ1n) is 14.8. The number of nitrogens with one attached hydrogen (secondary N) is 1. The Labute approximate surface area is 243 Å². The van der Waals surface area contributed by atoms with Gasteiger partial charge in [0.15, 0.2) is 0 Å². The molecule has 3 aliphatic rings. The molecule has 0 saturated heterocycles. The zero-order chi connectivity index (χ0) is 29.0. The van der Waals surface area contributed by atoms with E-state index in [0.29, 0.717) is 46.5 Å². The standard InChI is InChI=1S/C33H34FN5O3/c1-33(32(35)41)18-42-30-26(33)16-28(37-29(30)21-8-10-23(34)11-9-21)25(19-4-2-3-5-19)17-36-31(40)22-12-13-39-24(14-22)15-27(38-39)20-6-7-20/h8-16,19-20,25H,2-7,17-18H2,1H3,(H2,35,41)(H,36,40)/t25-,33-/m0/s1. The van der Waals surface area contributed by atoms with E-state index in [0.717, 1.165) is 42.6 Å². The Balaban J connectivity index is 1.23. The molecule has 2 amide bonds. The van der Waals surface area contributed by atoms with Gasteiger partial charge in [0.25, 0.3) is 5.91 Å². The summed E-state index contributed by atoms with van der Waals surface area (Å²) in [7, 11) is 0. The van der Waals surface area contributed by atoms with Gasteiger partial charge in [0.05, 0.1) is 11.2 Å². The van der Waals surface area contributed by atoms with Crippen LogP contribution in [-0.4, -0.2) is 39.6 Å². The summed E-state index contributed by atoms with van der Waals surface area (Å²) in [5, 5.41) is 7.82. The second kappa shape index (κ2) is 10.2. The SMILES string of the molecule is C[C@]1(C(N)=O)COc2c1cc([C@@H](CNC(=O)c1ccn3nc(C4CC4)cc3c1)C1CCCC1)nc2-c1ccc(F)cc1. The Kier molecular flexibility index (Phi) is 6.48. The molecule has 0 spiro atoms. The second-order valence-electron chi connectivity index (χ2n) is 12.3. The molecule has 4 aromatic rings. The third kappa shape index (κ3) is 4.70. The number of fused-ring (bicyclic) bond motifs is 2. The molecule has 0 unspecified atom stereocenters. The van der Waals surface area contributed by atoms with Gasteiger partial charge in [-0.1, -0.05) is 12.8 Å². The van der Waals surface area contributed by atoms with Crippen molar-refractivity contribution in [2.24, 2.45) is 11.7 Å². The number of ether oxygens (including phenoxy) is 1. The van der Waals surface area contributed by atoms with Crippen molar-refractivity contribution in [1.29, 1.82) is 0 Å². The summed E-state index contributed by atoms with van der Waals surface area (Å²) in [5.74, 6) is 0.292. The molecule has 8 nitrogen and oxygen atoms in total. The fourth-order valence-corrected chi connectivity index (χ4v) is 6.51. The zero-order valence-electron chi connectivity index (χ0n) is 23.6. The van der Waals surface area contributed by atoms with E-state index in [-0.39, 0.29) is 24.2 Å². The predicted molar refractivity (Wildman–Crippen MR) is 156 cm³/mol. The van der Waals surface area contributed by atoms with Crippen LogP contribution in [0.5, 0.6) is 5.75 Å². The van der Waals surface area contributed by atoms with Crippen LogP contribution in [0.4, 0.5) is 4.39 Å². The third-order valence-corrected chi connectivity index (χ3v) is 9.33. The van der Waals surface area contributed by atoms with E-state index in [4.69, 9.17) is 15.5 Å². The van der Waals surface area contributed by atoms with Crippen molar-refractivity contribution in [3.63, 3.8) is 0 Å². The van der Waals surface area contributed by atoms with Crippen LogP contribution in [0.25, 0.3) is 16.8 Å². The minimum atomic E-state index is -1.02. The maximum Gasteiger partial charge on any atom is 0.251 e. The lowest BCUT2D eigenvalue weighted by Gasteiger charge is -2.26. The van der Waals surface area contributed by atoms with Crippen molar-refractivity contribution < 1.29 is 18.7 Å². The lowest BCUT2D eigenvalue weighted by atomic mass is 9.80. The number of amides is 2. The van der Waals surface area contributed by atoms with Crippen LogP contribution in [0.1, 0.15) is 84.6 Å². The van der Waals surface area contributed by atoms with Gasteiger partial charge in [-0.2, -0.15) is 5.10 Å². The van der Waals surface area contributed by atoms with Gasteiger partial charge in [0, 0.05) is 47.0 Å². The molecule has 2 atom stereocenters. The molecule has 2 fully saturated rings. The minimum absolute atomic E-state index is 0.0844. The molecule has 0 radical (unpaired) electrons. The van der Waals surface area contributed by atoms with Crippen molar-refractivity contribution in [3.05, 3.63) is 83.1 Å². The van der Waals surface area contributed by atoms with Crippen LogP contribution in [-0.2, 0) is 10.2 Å². The van der Waals surface area contributed by atoms with Crippen molar-refractivity contribution in [3.8, 4) is 17.0 Å². The van der Waals surface area contributed by atoms with Gasteiger partial charge >= 0.3 is 0 Å². The first kappa shape index (κ1) is 26.6. The number of benzene rings is 1. The van der Waals surface area contributed by atoms with E-state index in [1.54, 1.807) is 25.1 Å². The highest BCUT2D eigenvalue weighted by molar-refractivity contribution is 5.95. The molecule has 4 heterocycles. The predicted octanol–water partition coefficient (Wildman–Crippen LogP) is 5.25. The monoisotopic (exact) mass is 567 g/mol.